The van der Waals surface area contributed by atoms with Crippen molar-refractivity contribution in [3.05, 3.63) is 0 Å². The minimum atomic E-state index is 0.211. The van der Waals surface area contributed by atoms with Gasteiger partial charge in [-0.15, -0.1) is 0 Å². The highest BCUT2D eigenvalue weighted by molar-refractivity contribution is 5.33. The quantitative estimate of drug-likeness (QED) is 0.501. The van der Waals surface area contributed by atoms with Crippen LogP contribution >= 0.6 is 0 Å². The molecule has 0 aromatic rings. The van der Waals surface area contributed by atoms with Crippen molar-refractivity contribution in [3.8, 4) is 12.1 Å². The smallest absolute Gasteiger partial charge is 0.0889 e. The Hall–Kier alpha value is -1.06. The van der Waals surface area contributed by atoms with E-state index >= 15 is 0 Å². The Morgan fingerprint density at radius 2 is 1.23 bits per heavy atom. The maximum Gasteiger partial charge on any atom is 0.0889 e. The molecule has 0 spiro atoms. The minimum absolute atomic E-state index is 0.211. The molecule has 4 rings (SSSR count). The molecule has 0 N–H and O–H groups in total. The fourth-order valence-corrected chi connectivity index (χ4v) is 3.66. The van der Waals surface area contributed by atoms with Gasteiger partial charge in [-0.2, -0.15) is 10.5 Å². The molecular weight excluding hydrogens is 164 g/mol. The highest BCUT2D eigenvalue weighted by atomic mass is 16.6. The average molecular weight is 172 g/mol. The molecule has 0 radical (unpaired) electrons. The van der Waals surface area contributed by atoms with Crippen LogP contribution in [0.15, 0.2) is 0 Å². The van der Waals surface area contributed by atoms with Crippen LogP contribution in [0.25, 0.3) is 0 Å². The largest absolute Gasteiger partial charge is 0.369 e. The summed E-state index contributed by atoms with van der Waals surface area (Å²) in [6.45, 7) is 0. The maximum atomic E-state index is 8.88. The molecule has 8 atom stereocenters. The zero-order chi connectivity index (χ0) is 8.74. The lowest BCUT2D eigenvalue weighted by Gasteiger charge is -1.97. The van der Waals surface area contributed by atoms with Gasteiger partial charge in [0.2, 0.25) is 0 Å². The van der Waals surface area contributed by atoms with Crippen LogP contribution in [0.5, 0.6) is 0 Å². The molecule has 0 bridgehead atoms. The van der Waals surface area contributed by atoms with Crippen LogP contribution in [0.3, 0.4) is 0 Å². The lowest BCUT2D eigenvalue weighted by Crippen LogP contribution is -2.08. The number of ether oxygens (including phenoxy) is 1. The number of nitriles is 2. The summed E-state index contributed by atoms with van der Waals surface area (Å²) in [7, 11) is 0. The molecule has 0 aromatic heterocycles. The molecule has 3 aliphatic carbocycles. The summed E-state index contributed by atoms with van der Waals surface area (Å²) in [6.07, 6.45) is 0.712. The predicted octanol–water partition coefficient (Wildman–Crippen LogP) is 0.539. The number of epoxide rings is 1. The van der Waals surface area contributed by atoms with Crippen molar-refractivity contribution in [2.24, 2.45) is 35.5 Å². The lowest BCUT2D eigenvalue weighted by molar-refractivity contribution is 0.344. The van der Waals surface area contributed by atoms with Crippen molar-refractivity contribution in [1.82, 2.24) is 0 Å². The molecule has 1 heterocycles. The first kappa shape index (κ1) is 6.40. The molecule has 0 unspecified atom stereocenters. The molecule has 64 valence electrons. The molecule has 4 fully saturated rings. The van der Waals surface area contributed by atoms with Gasteiger partial charge in [0.1, 0.15) is 0 Å². The summed E-state index contributed by atoms with van der Waals surface area (Å²) in [4.78, 5) is 0. The van der Waals surface area contributed by atoms with Crippen molar-refractivity contribution in [3.63, 3.8) is 0 Å². The van der Waals surface area contributed by atoms with Gasteiger partial charge >= 0.3 is 0 Å². The van der Waals surface area contributed by atoms with Gasteiger partial charge in [-0.05, 0) is 11.8 Å². The number of hydrogen-bond acceptors (Lipinski definition) is 3. The molecule has 4 aliphatic rings. The van der Waals surface area contributed by atoms with Crippen LogP contribution in [0.1, 0.15) is 0 Å². The van der Waals surface area contributed by atoms with Gasteiger partial charge in [0, 0.05) is 11.8 Å². The second-order valence-electron chi connectivity index (χ2n) is 4.68. The van der Waals surface area contributed by atoms with Crippen LogP contribution in [-0.2, 0) is 4.74 Å². The fraction of sp³-hybridized carbons (Fsp3) is 0.800. The van der Waals surface area contributed by atoms with Gasteiger partial charge in [0.05, 0.1) is 36.2 Å². The first-order valence-corrected chi connectivity index (χ1v) is 4.83. The second kappa shape index (κ2) is 1.61. The van der Waals surface area contributed by atoms with Crippen molar-refractivity contribution in [2.75, 3.05) is 0 Å². The maximum absolute atomic E-state index is 8.88. The molecule has 1 aliphatic heterocycles. The molecule has 3 nitrogen and oxygen atoms in total. The Bertz CT molecular complexity index is 343. The molecule has 3 saturated carbocycles. The van der Waals surface area contributed by atoms with Crippen LogP contribution in [0.2, 0.25) is 0 Å². The summed E-state index contributed by atoms with van der Waals surface area (Å²) in [6, 6.07) is 4.70. The average Bonchev–Trinajstić information content (AvgIpc) is 2.98. The third kappa shape index (κ3) is 0.522. The van der Waals surface area contributed by atoms with Crippen LogP contribution < -0.4 is 0 Å². The third-order valence-electron chi connectivity index (χ3n) is 4.33. The van der Waals surface area contributed by atoms with E-state index < -0.39 is 0 Å². The minimum Gasteiger partial charge on any atom is -0.369 e. The van der Waals surface area contributed by atoms with E-state index in [2.05, 4.69) is 12.1 Å². The fourth-order valence-electron chi connectivity index (χ4n) is 3.66. The van der Waals surface area contributed by atoms with Gasteiger partial charge < -0.3 is 4.74 Å². The normalized spacial score (nSPS) is 69.1. The Balaban J connectivity index is 1.72. The first-order chi connectivity index (χ1) is 6.38. The van der Waals surface area contributed by atoms with E-state index in [-0.39, 0.29) is 11.8 Å². The summed E-state index contributed by atoms with van der Waals surface area (Å²) in [5.41, 5.74) is 0. The molecule has 0 aromatic carbocycles. The summed E-state index contributed by atoms with van der Waals surface area (Å²) in [5.74, 6) is 2.45. The van der Waals surface area contributed by atoms with Crippen LogP contribution in [0, 0.1) is 58.2 Å². The van der Waals surface area contributed by atoms with Gasteiger partial charge in [-0.25, -0.2) is 0 Å². The van der Waals surface area contributed by atoms with E-state index in [0.717, 1.165) is 0 Å². The number of fused-ring (bicyclic) bond motifs is 6. The van der Waals surface area contributed by atoms with Crippen LogP contribution in [-0.4, -0.2) is 12.2 Å². The molecule has 1 saturated heterocycles. The first-order valence-electron chi connectivity index (χ1n) is 4.83. The Morgan fingerprint density at radius 3 is 1.62 bits per heavy atom. The van der Waals surface area contributed by atoms with Crippen molar-refractivity contribution in [2.45, 2.75) is 12.2 Å². The van der Waals surface area contributed by atoms with E-state index in [1.54, 1.807) is 0 Å². The molecule has 13 heavy (non-hydrogen) atoms. The Labute approximate surface area is 75.9 Å². The standard InChI is InChI=1S/C10H8N2O/c11-1-3-5-6-4(2-12)8(6)10-9(13-10)7(3)5/h3-10H/t3-,4+,5+,6-,7+,8-,9-,10+. The molecular formula is C10H8N2O. The Morgan fingerprint density at radius 1 is 0.769 bits per heavy atom. The number of nitrogens with zero attached hydrogens (tertiary/aromatic N) is 2. The Kier molecular flexibility index (Phi) is 0.791. The molecule has 0 amide bonds. The summed E-state index contributed by atoms with van der Waals surface area (Å²) >= 11 is 0. The van der Waals surface area contributed by atoms with Gasteiger partial charge in [-0.3, -0.25) is 0 Å². The van der Waals surface area contributed by atoms with Crippen molar-refractivity contribution >= 4 is 0 Å². The number of hydrogen-bond donors (Lipinski definition) is 0. The SMILES string of the molecule is N#C[C@@H]1[C@H]2[C@H]3[C@H](C#N)[C@H]3[C@@H]3O[C@@H]3[C@@H]12. The summed E-state index contributed by atoms with van der Waals surface area (Å²) in [5, 5.41) is 17.8. The topological polar surface area (TPSA) is 60.1 Å². The van der Waals surface area contributed by atoms with E-state index in [9.17, 15) is 0 Å². The lowest BCUT2D eigenvalue weighted by atomic mass is 10.0. The summed E-state index contributed by atoms with van der Waals surface area (Å²) < 4.78 is 5.55. The van der Waals surface area contributed by atoms with Crippen LogP contribution in [0.4, 0.5) is 0 Å². The van der Waals surface area contributed by atoms with Gasteiger partial charge in [-0.1, -0.05) is 0 Å². The van der Waals surface area contributed by atoms with Gasteiger partial charge in [0.15, 0.2) is 0 Å². The third-order valence-corrected chi connectivity index (χ3v) is 4.33. The van der Waals surface area contributed by atoms with Crippen molar-refractivity contribution < 1.29 is 4.74 Å². The van der Waals surface area contributed by atoms with E-state index in [0.29, 0.717) is 35.9 Å². The monoisotopic (exact) mass is 172 g/mol. The second-order valence-corrected chi connectivity index (χ2v) is 4.68. The van der Waals surface area contributed by atoms with Crippen molar-refractivity contribution in [1.29, 1.82) is 10.5 Å². The van der Waals surface area contributed by atoms with E-state index in [1.807, 2.05) is 0 Å². The zero-order valence-corrected chi connectivity index (χ0v) is 6.92. The zero-order valence-electron chi connectivity index (χ0n) is 6.92. The predicted molar refractivity (Wildman–Crippen MR) is 40.8 cm³/mol. The molecule has 3 heteroatoms. The van der Waals surface area contributed by atoms with E-state index in [4.69, 9.17) is 15.3 Å². The highest BCUT2D eigenvalue weighted by Gasteiger charge is 2.81. The van der Waals surface area contributed by atoms with Gasteiger partial charge in [0.25, 0.3) is 0 Å². The van der Waals surface area contributed by atoms with E-state index in [1.165, 1.54) is 0 Å². The number of rotatable bonds is 0. The highest BCUT2D eigenvalue weighted by Crippen LogP contribution is 2.76.